The molecule has 1 amide bonds. The Hall–Kier alpha value is -2.44. The molecule has 0 aromatic carbocycles. The molecule has 0 radical (unpaired) electrons. The maximum atomic E-state index is 13.1. The molecule has 0 saturated carbocycles. The summed E-state index contributed by atoms with van der Waals surface area (Å²) < 4.78 is 5.84. The number of unbranched alkanes of at least 4 members (excludes halogenated alkanes) is 28. The lowest BCUT2D eigenvalue weighted by molar-refractivity contribution is -0.150. The SMILES string of the molecule is CC/C=C/C=C/C=C\C=C/C=C/CC(CC(=O)NC(CO)C(O)CCCCCCCCCCCCCC)OC(=O)CCCCCCCCCCCCCCCCCCCC. The fraction of sp³-hybridized carbons (Fsp3) is 0.778. The summed E-state index contributed by atoms with van der Waals surface area (Å²) in [5, 5.41) is 23.6. The van der Waals surface area contributed by atoms with Gasteiger partial charge in [-0.15, -0.1) is 0 Å². The molecule has 0 aromatic rings. The number of allylic oxidation sites excluding steroid dienone is 9. The van der Waals surface area contributed by atoms with Crippen molar-refractivity contribution in [1.29, 1.82) is 0 Å². The van der Waals surface area contributed by atoms with Crippen molar-refractivity contribution >= 4 is 11.9 Å². The van der Waals surface area contributed by atoms with E-state index in [-0.39, 0.29) is 24.9 Å². The van der Waals surface area contributed by atoms with Crippen molar-refractivity contribution in [3.8, 4) is 0 Å². The van der Waals surface area contributed by atoms with Crippen LogP contribution in [-0.2, 0) is 14.3 Å². The summed E-state index contributed by atoms with van der Waals surface area (Å²) in [6.07, 6.45) is 58.8. The fourth-order valence-electron chi connectivity index (χ4n) is 7.63. The highest BCUT2D eigenvalue weighted by atomic mass is 16.5. The van der Waals surface area contributed by atoms with Crippen molar-refractivity contribution in [3.05, 3.63) is 60.8 Å². The molecule has 0 bridgehead atoms. The van der Waals surface area contributed by atoms with Gasteiger partial charge in [0.25, 0.3) is 0 Å². The van der Waals surface area contributed by atoms with Crippen molar-refractivity contribution in [1.82, 2.24) is 5.32 Å². The Balaban J connectivity index is 4.58. The smallest absolute Gasteiger partial charge is 0.306 e. The molecular formula is C54H97NO5. The van der Waals surface area contributed by atoms with Gasteiger partial charge in [-0.1, -0.05) is 268 Å². The molecule has 3 unspecified atom stereocenters. The van der Waals surface area contributed by atoms with Crippen LogP contribution in [0.25, 0.3) is 0 Å². The summed E-state index contributed by atoms with van der Waals surface area (Å²) in [6.45, 7) is 6.30. The van der Waals surface area contributed by atoms with Gasteiger partial charge < -0.3 is 20.3 Å². The summed E-state index contributed by atoms with van der Waals surface area (Å²) in [6, 6.07) is -0.738. The number of rotatable bonds is 45. The van der Waals surface area contributed by atoms with Gasteiger partial charge in [0, 0.05) is 12.8 Å². The van der Waals surface area contributed by atoms with Crippen LogP contribution >= 0.6 is 0 Å². The van der Waals surface area contributed by atoms with E-state index in [0.717, 1.165) is 44.9 Å². The topological polar surface area (TPSA) is 95.9 Å². The second kappa shape index (κ2) is 47.6. The molecule has 0 aliphatic heterocycles. The van der Waals surface area contributed by atoms with E-state index in [1.54, 1.807) is 0 Å². The molecule has 3 N–H and O–H groups in total. The molecule has 60 heavy (non-hydrogen) atoms. The van der Waals surface area contributed by atoms with E-state index in [2.05, 4.69) is 32.2 Å². The zero-order valence-corrected chi connectivity index (χ0v) is 39.6. The Morgan fingerprint density at radius 3 is 1.27 bits per heavy atom. The second-order valence-electron chi connectivity index (χ2n) is 17.3. The van der Waals surface area contributed by atoms with Gasteiger partial charge in [0.15, 0.2) is 0 Å². The standard InChI is InChI=1S/C54H97NO5/c1-4-7-10-13-16-19-22-24-25-26-27-28-29-32-35-38-41-44-47-54(59)60-50(45-42-39-36-33-30-21-18-15-12-9-6-3)48-53(58)55-51(49-56)52(57)46-43-40-37-34-31-23-20-17-14-11-8-5-2/h9,12,15,18,21,30,33,36,39,42,50-52,56-57H,4-8,10-11,13-14,16-17,19-20,22-29,31-32,34-35,37-38,40-41,43-49H2,1-3H3,(H,55,58)/b12-9+,18-15+,30-21-,36-33-,42-39+. The van der Waals surface area contributed by atoms with Gasteiger partial charge in [0.1, 0.15) is 6.10 Å². The van der Waals surface area contributed by atoms with Crippen LogP contribution in [0, 0.1) is 0 Å². The minimum Gasteiger partial charge on any atom is -0.461 e. The van der Waals surface area contributed by atoms with E-state index < -0.39 is 18.2 Å². The van der Waals surface area contributed by atoms with E-state index >= 15 is 0 Å². The van der Waals surface area contributed by atoms with E-state index in [4.69, 9.17) is 4.74 Å². The maximum Gasteiger partial charge on any atom is 0.306 e. The van der Waals surface area contributed by atoms with Crippen molar-refractivity contribution in [3.63, 3.8) is 0 Å². The first-order chi connectivity index (χ1) is 29.5. The third-order valence-corrected chi connectivity index (χ3v) is 11.5. The number of carbonyl (C=O) groups is 2. The molecule has 6 heteroatoms. The zero-order chi connectivity index (χ0) is 43.8. The Kier molecular flexibility index (Phi) is 45.7. The van der Waals surface area contributed by atoms with Crippen LogP contribution in [0.1, 0.15) is 245 Å². The summed E-state index contributed by atoms with van der Waals surface area (Å²) in [7, 11) is 0. The van der Waals surface area contributed by atoms with Gasteiger partial charge in [-0.3, -0.25) is 9.59 Å². The van der Waals surface area contributed by atoms with Crippen LogP contribution in [0.3, 0.4) is 0 Å². The summed E-state index contributed by atoms with van der Waals surface area (Å²) in [5.41, 5.74) is 0. The highest BCUT2D eigenvalue weighted by molar-refractivity contribution is 5.77. The molecule has 0 aliphatic rings. The van der Waals surface area contributed by atoms with Crippen molar-refractivity contribution in [2.75, 3.05) is 6.61 Å². The lowest BCUT2D eigenvalue weighted by atomic mass is 10.0. The Morgan fingerprint density at radius 1 is 0.500 bits per heavy atom. The minimum absolute atomic E-state index is 0.0171. The predicted molar refractivity (Wildman–Crippen MR) is 259 cm³/mol. The normalized spacial score (nSPS) is 13.8. The Labute approximate surface area is 371 Å². The highest BCUT2D eigenvalue weighted by Gasteiger charge is 2.23. The molecule has 0 saturated heterocycles. The average Bonchev–Trinajstić information content (AvgIpc) is 3.24. The number of nitrogens with one attached hydrogen (secondary N) is 1. The van der Waals surface area contributed by atoms with E-state index in [0.29, 0.717) is 19.3 Å². The number of carbonyl (C=O) groups excluding carboxylic acids is 2. The monoisotopic (exact) mass is 840 g/mol. The number of aliphatic hydroxyl groups excluding tert-OH is 2. The average molecular weight is 840 g/mol. The third kappa shape index (κ3) is 42.3. The van der Waals surface area contributed by atoms with Gasteiger partial charge in [-0.25, -0.2) is 0 Å². The highest BCUT2D eigenvalue weighted by Crippen LogP contribution is 2.17. The molecule has 0 rings (SSSR count). The van der Waals surface area contributed by atoms with Crippen LogP contribution < -0.4 is 5.32 Å². The van der Waals surface area contributed by atoms with Gasteiger partial charge in [0.05, 0.1) is 25.2 Å². The van der Waals surface area contributed by atoms with Gasteiger partial charge in [-0.05, 0) is 19.3 Å². The lowest BCUT2D eigenvalue weighted by Gasteiger charge is -2.24. The van der Waals surface area contributed by atoms with E-state index in [1.165, 1.54) is 154 Å². The fourth-order valence-corrected chi connectivity index (χ4v) is 7.63. The molecule has 0 heterocycles. The molecule has 6 nitrogen and oxygen atoms in total. The number of hydrogen-bond donors (Lipinski definition) is 3. The second-order valence-corrected chi connectivity index (χ2v) is 17.3. The molecule has 348 valence electrons. The summed E-state index contributed by atoms with van der Waals surface area (Å²) in [4.78, 5) is 26.0. The maximum absolute atomic E-state index is 13.1. The van der Waals surface area contributed by atoms with Crippen LogP contribution in [0.4, 0.5) is 0 Å². The van der Waals surface area contributed by atoms with Crippen molar-refractivity contribution in [2.24, 2.45) is 0 Å². The molecule has 0 spiro atoms. The Morgan fingerprint density at radius 2 is 0.867 bits per heavy atom. The van der Waals surface area contributed by atoms with Crippen LogP contribution in [0.5, 0.6) is 0 Å². The molecular weight excluding hydrogens is 743 g/mol. The summed E-state index contributed by atoms with van der Waals surface area (Å²) >= 11 is 0. The van der Waals surface area contributed by atoms with Gasteiger partial charge in [0.2, 0.25) is 5.91 Å². The van der Waals surface area contributed by atoms with Crippen molar-refractivity contribution in [2.45, 2.75) is 264 Å². The number of ether oxygens (including phenoxy) is 1. The van der Waals surface area contributed by atoms with Gasteiger partial charge in [-0.2, -0.15) is 0 Å². The summed E-state index contributed by atoms with van der Waals surface area (Å²) in [5.74, 6) is -0.602. The minimum atomic E-state index is -0.816. The van der Waals surface area contributed by atoms with Gasteiger partial charge >= 0.3 is 5.97 Å². The Bertz CT molecular complexity index is 1080. The first-order valence-corrected chi connectivity index (χ1v) is 25.6. The number of hydrogen-bond acceptors (Lipinski definition) is 5. The first kappa shape index (κ1) is 57.6. The van der Waals surface area contributed by atoms with E-state index in [9.17, 15) is 19.8 Å². The van der Waals surface area contributed by atoms with Crippen LogP contribution in [0.2, 0.25) is 0 Å². The van der Waals surface area contributed by atoms with Crippen molar-refractivity contribution < 1.29 is 24.5 Å². The van der Waals surface area contributed by atoms with Crippen LogP contribution in [-0.4, -0.2) is 46.9 Å². The number of esters is 1. The quantitative estimate of drug-likeness (QED) is 0.0322. The number of amides is 1. The molecule has 0 aromatic heterocycles. The lowest BCUT2D eigenvalue weighted by Crippen LogP contribution is -2.46. The third-order valence-electron chi connectivity index (χ3n) is 11.5. The first-order valence-electron chi connectivity index (χ1n) is 25.6. The number of aliphatic hydroxyl groups is 2. The molecule has 3 atom stereocenters. The molecule has 0 aliphatic carbocycles. The van der Waals surface area contributed by atoms with E-state index in [1.807, 2.05) is 54.7 Å². The molecule has 0 fully saturated rings. The largest absolute Gasteiger partial charge is 0.461 e. The van der Waals surface area contributed by atoms with Crippen LogP contribution in [0.15, 0.2) is 60.8 Å². The zero-order valence-electron chi connectivity index (χ0n) is 39.6. The predicted octanol–water partition coefficient (Wildman–Crippen LogP) is 15.2.